The summed E-state index contributed by atoms with van der Waals surface area (Å²) in [4.78, 5) is 30.4. The first-order valence-corrected chi connectivity index (χ1v) is 12.8. The minimum atomic E-state index is -3.95. The molecule has 0 saturated heterocycles. The lowest BCUT2D eigenvalue weighted by atomic mass is 10.2. The number of rotatable bonds is 7. The topological polar surface area (TPSA) is 122 Å². The van der Waals surface area contributed by atoms with Gasteiger partial charge in [-0.15, -0.1) is 11.3 Å². The van der Waals surface area contributed by atoms with Crippen LogP contribution >= 0.6 is 11.3 Å². The highest BCUT2D eigenvalue weighted by Gasteiger charge is 2.19. The molecule has 176 valence electrons. The van der Waals surface area contributed by atoms with E-state index in [2.05, 4.69) is 22.5 Å². The minimum absolute atomic E-state index is 0.0620. The second-order valence-corrected chi connectivity index (χ2v) is 10.7. The molecule has 0 aliphatic rings. The lowest BCUT2D eigenvalue weighted by Gasteiger charge is -2.10. The van der Waals surface area contributed by atoms with Crippen LogP contribution in [0.15, 0.2) is 69.9 Å². The molecule has 4 aromatic rings. The normalized spacial score (nSPS) is 11.4. The maximum atomic E-state index is 13.0. The molecule has 0 fully saturated rings. The Kier molecular flexibility index (Phi) is 6.66. The van der Waals surface area contributed by atoms with E-state index in [4.69, 9.17) is 0 Å². The number of aromatic nitrogens is 2. The van der Waals surface area contributed by atoms with E-state index in [0.29, 0.717) is 22.3 Å². The number of hydrogen-bond donors (Lipinski definition) is 3. The molecular formula is C23H23N5O4S2. The third-order valence-corrected chi connectivity index (χ3v) is 7.77. The molecule has 0 spiro atoms. The van der Waals surface area contributed by atoms with Crippen molar-refractivity contribution in [3.05, 3.63) is 76.2 Å². The van der Waals surface area contributed by atoms with Crippen LogP contribution in [0.2, 0.25) is 0 Å². The molecule has 0 aliphatic carbocycles. The number of nitrogens with one attached hydrogen (secondary N) is 3. The molecule has 2 amide bonds. The zero-order valence-corrected chi connectivity index (χ0v) is 20.2. The summed E-state index contributed by atoms with van der Waals surface area (Å²) < 4.78 is 28.0. The number of sulfonamides is 1. The summed E-state index contributed by atoms with van der Waals surface area (Å²) in [6.07, 6.45) is 2.45. The number of amides is 2. The predicted octanol–water partition coefficient (Wildman–Crippen LogP) is 4.09. The number of hydrogen-bond acceptors (Lipinski definition) is 7. The number of carbonyl (C=O) groups excluding carboxylic acids is 1. The Morgan fingerprint density at radius 3 is 2.47 bits per heavy atom. The molecule has 0 bridgehead atoms. The molecule has 3 N–H and O–H groups in total. The van der Waals surface area contributed by atoms with Crippen molar-refractivity contribution in [3.8, 4) is 5.69 Å². The third-order valence-electron chi connectivity index (χ3n) is 4.95. The summed E-state index contributed by atoms with van der Waals surface area (Å²) in [6.45, 7) is 4.69. The highest BCUT2D eigenvalue weighted by atomic mass is 32.2. The van der Waals surface area contributed by atoms with Crippen molar-refractivity contribution < 1.29 is 13.2 Å². The van der Waals surface area contributed by atoms with Gasteiger partial charge in [0.2, 0.25) is 0 Å². The Hall–Kier alpha value is -3.70. The van der Waals surface area contributed by atoms with Crippen LogP contribution in [0.5, 0.6) is 0 Å². The third kappa shape index (κ3) is 5.10. The van der Waals surface area contributed by atoms with Crippen LogP contribution in [0.1, 0.15) is 18.2 Å². The Morgan fingerprint density at radius 2 is 1.79 bits per heavy atom. The van der Waals surface area contributed by atoms with E-state index in [0.717, 1.165) is 34.9 Å². The average Bonchev–Trinajstić information content (AvgIpc) is 3.25. The van der Waals surface area contributed by atoms with Gasteiger partial charge in [0.15, 0.2) is 0 Å². The molecule has 11 heteroatoms. The van der Waals surface area contributed by atoms with Crippen molar-refractivity contribution in [1.29, 1.82) is 0 Å². The van der Waals surface area contributed by atoms with E-state index in [1.54, 1.807) is 43.3 Å². The van der Waals surface area contributed by atoms with E-state index in [-0.39, 0.29) is 9.77 Å². The minimum Gasteiger partial charge on any atom is -0.385 e. The number of urea groups is 1. The Morgan fingerprint density at radius 1 is 1.06 bits per heavy atom. The summed E-state index contributed by atoms with van der Waals surface area (Å²) in [5, 5.41) is 6.24. The summed E-state index contributed by atoms with van der Waals surface area (Å²) in [5.74, 6) is 0. The van der Waals surface area contributed by atoms with Crippen molar-refractivity contribution >= 4 is 49.7 Å². The number of carbonyl (C=O) groups is 1. The van der Waals surface area contributed by atoms with Gasteiger partial charge in [-0.2, -0.15) is 0 Å². The first kappa shape index (κ1) is 23.5. The van der Waals surface area contributed by atoms with Crippen molar-refractivity contribution in [3.63, 3.8) is 0 Å². The summed E-state index contributed by atoms with van der Waals surface area (Å²) >= 11 is 1.08. The van der Waals surface area contributed by atoms with Crippen LogP contribution in [0, 0.1) is 6.92 Å². The van der Waals surface area contributed by atoms with Gasteiger partial charge < -0.3 is 10.6 Å². The molecule has 0 unspecified atom stereocenters. The molecular weight excluding hydrogens is 474 g/mol. The van der Waals surface area contributed by atoms with E-state index >= 15 is 0 Å². The van der Waals surface area contributed by atoms with Crippen LogP contribution in [-0.4, -0.2) is 30.5 Å². The fourth-order valence-electron chi connectivity index (χ4n) is 3.28. The number of benzene rings is 2. The van der Waals surface area contributed by atoms with E-state index in [1.165, 1.54) is 17.0 Å². The molecule has 9 nitrogen and oxygen atoms in total. The highest BCUT2D eigenvalue weighted by Crippen LogP contribution is 2.21. The summed E-state index contributed by atoms with van der Waals surface area (Å²) in [6, 6.07) is 14.1. The monoisotopic (exact) mass is 497 g/mol. The molecule has 34 heavy (non-hydrogen) atoms. The molecule has 0 radical (unpaired) electrons. The number of anilines is 2. The molecule has 4 rings (SSSR count). The summed E-state index contributed by atoms with van der Waals surface area (Å²) in [5.41, 5.74) is 2.21. The first-order valence-electron chi connectivity index (χ1n) is 10.5. The van der Waals surface area contributed by atoms with Crippen LogP contribution < -0.4 is 20.9 Å². The van der Waals surface area contributed by atoms with Gasteiger partial charge in [0.1, 0.15) is 10.5 Å². The average molecular weight is 498 g/mol. The van der Waals surface area contributed by atoms with Gasteiger partial charge in [-0.1, -0.05) is 6.92 Å². The second-order valence-electron chi connectivity index (χ2n) is 7.55. The van der Waals surface area contributed by atoms with Gasteiger partial charge in [0, 0.05) is 22.8 Å². The molecule has 2 heterocycles. The number of fused-ring (bicyclic) bond motifs is 1. The zero-order chi connectivity index (χ0) is 24.3. The molecule has 0 atom stereocenters. The van der Waals surface area contributed by atoms with Gasteiger partial charge in [-0.25, -0.2) is 22.9 Å². The maximum Gasteiger partial charge on any atom is 0.333 e. The Labute approximate surface area is 200 Å². The maximum absolute atomic E-state index is 13.0. The van der Waals surface area contributed by atoms with Crippen LogP contribution in [-0.2, 0) is 10.0 Å². The van der Waals surface area contributed by atoms with E-state index in [1.807, 2.05) is 16.9 Å². The number of nitrogens with zero attached hydrogens (tertiary/aromatic N) is 2. The van der Waals surface area contributed by atoms with E-state index in [9.17, 15) is 18.0 Å². The lowest BCUT2D eigenvalue weighted by molar-refractivity contribution is 0.256. The van der Waals surface area contributed by atoms with E-state index < -0.39 is 16.1 Å². The second kappa shape index (κ2) is 9.65. The molecule has 0 aliphatic heterocycles. The van der Waals surface area contributed by atoms with Crippen molar-refractivity contribution in [2.24, 2.45) is 0 Å². The van der Waals surface area contributed by atoms with Gasteiger partial charge in [-0.05, 0) is 67.9 Å². The fourth-order valence-corrected chi connectivity index (χ4v) is 5.47. The van der Waals surface area contributed by atoms with Gasteiger partial charge in [-0.3, -0.25) is 9.36 Å². The Balaban J connectivity index is 1.49. The number of thiophene rings is 1. The quantitative estimate of drug-likeness (QED) is 0.354. The number of aryl methyl sites for hydroxylation is 1. The van der Waals surface area contributed by atoms with Crippen molar-refractivity contribution in [2.45, 2.75) is 24.5 Å². The predicted molar refractivity (Wildman–Crippen MR) is 135 cm³/mol. The molecule has 0 saturated carbocycles. The first-order chi connectivity index (χ1) is 16.3. The lowest BCUT2D eigenvalue weighted by Crippen LogP contribution is -2.33. The van der Waals surface area contributed by atoms with Crippen LogP contribution in [0.3, 0.4) is 0 Å². The standard InChI is InChI=1S/C23H23N5O4S2/c1-3-12-24-17-7-10-19-20(13-17)25-14-28(22(19)29)18-8-5-16(6-9-18)26-23(30)27-34(31,32)21-11-4-15(2)33-21/h4-11,13-14,24H,3,12H2,1-2H3,(H2,26,27,30). The fraction of sp³-hybridized carbons (Fsp3) is 0.174. The van der Waals surface area contributed by atoms with Crippen molar-refractivity contribution in [1.82, 2.24) is 14.3 Å². The molecule has 2 aromatic carbocycles. The van der Waals surface area contributed by atoms with Crippen LogP contribution in [0.25, 0.3) is 16.6 Å². The molecule has 2 aromatic heterocycles. The van der Waals surface area contributed by atoms with Crippen LogP contribution in [0.4, 0.5) is 16.2 Å². The van der Waals surface area contributed by atoms with Gasteiger partial charge >= 0.3 is 6.03 Å². The SMILES string of the molecule is CCCNc1ccc2c(=O)n(-c3ccc(NC(=O)NS(=O)(=O)c4ccc(C)s4)cc3)cnc2c1. The largest absolute Gasteiger partial charge is 0.385 e. The summed E-state index contributed by atoms with van der Waals surface area (Å²) in [7, 11) is -3.95. The van der Waals surface area contributed by atoms with Gasteiger partial charge in [0.25, 0.3) is 15.6 Å². The van der Waals surface area contributed by atoms with Crippen molar-refractivity contribution in [2.75, 3.05) is 17.2 Å². The zero-order valence-electron chi connectivity index (χ0n) is 18.5. The highest BCUT2D eigenvalue weighted by molar-refractivity contribution is 7.92. The smallest absolute Gasteiger partial charge is 0.333 e. The Bertz CT molecular complexity index is 1510. The van der Waals surface area contributed by atoms with Gasteiger partial charge in [0.05, 0.1) is 16.6 Å².